The average molecular weight is 238 g/mol. The molecule has 1 rings (SSSR count). The molecule has 0 amide bonds. The van der Waals surface area contributed by atoms with Crippen molar-refractivity contribution in [2.75, 3.05) is 6.26 Å². The molecule has 1 aromatic carbocycles. The fraction of sp³-hybridized carbons (Fsp3) is 0.462. The number of aliphatic carboxylic acids is 1. The van der Waals surface area contributed by atoms with E-state index in [-0.39, 0.29) is 11.8 Å². The van der Waals surface area contributed by atoms with Crippen LogP contribution in [0.2, 0.25) is 0 Å². The first-order valence-corrected chi connectivity index (χ1v) is 6.46. The molecule has 0 aliphatic rings. The van der Waals surface area contributed by atoms with Gasteiger partial charge >= 0.3 is 5.97 Å². The summed E-state index contributed by atoms with van der Waals surface area (Å²) in [5.74, 6) is -0.752. The molecule has 3 heteroatoms. The van der Waals surface area contributed by atoms with Crippen molar-refractivity contribution < 1.29 is 9.90 Å². The lowest BCUT2D eigenvalue weighted by Gasteiger charge is -2.25. The largest absolute Gasteiger partial charge is 0.481 e. The lowest BCUT2D eigenvalue weighted by Crippen LogP contribution is -2.22. The third kappa shape index (κ3) is 3.01. The van der Waals surface area contributed by atoms with Gasteiger partial charge in [0, 0.05) is 10.3 Å². The van der Waals surface area contributed by atoms with Gasteiger partial charge in [-0.2, -0.15) is 0 Å². The highest BCUT2D eigenvalue weighted by atomic mass is 32.2. The first kappa shape index (κ1) is 13.1. The summed E-state index contributed by atoms with van der Waals surface area (Å²) in [5, 5.41) is 8.92. The summed E-state index contributed by atoms with van der Waals surface area (Å²) in [6.07, 6.45) is 2.18. The Hall–Kier alpha value is -0.960. The van der Waals surface area contributed by atoms with E-state index in [1.807, 2.05) is 39.2 Å². The second-order valence-electron chi connectivity index (χ2n) is 4.66. The molecular weight excluding hydrogens is 220 g/mol. The minimum atomic E-state index is -0.752. The maximum Gasteiger partial charge on any atom is 0.304 e. The van der Waals surface area contributed by atoms with Gasteiger partial charge in [0.2, 0.25) is 0 Å². The fourth-order valence-corrected chi connectivity index (χ4v) is 2.70. The zero-order valence-corrected chi connectivity index (χ0v) is 11.0. The van der Waals surface area contributed by atoms with Crippen molar-refractivity contribution in [3.8, 4) is 0 Å². The molecule has 0 aliphatic carbocycles. The molecule has 0 unspecified atom stereocenters. The highest BCUT2D eigenvalue weighted by molar-refractivity contribution is 7.98. The van der Waals surface area contributed by atoms with E-state index in [2.05, 4.69) is 6.07 Å². The summed E-state index contributed by atoms with van der Waals surface area (Å²) < 4.78 is 0. The standard InChI is InChI=1S/C13H18O2S/c1-9-5-6-10(11(7-9)16-4)13(2,3)8-12(14)15/h5-7H,8H2,1-4H3,(H,14,15). The Bertz CT molecular complexity index is 397. The molecule has 0 saturated heterocycles. The van der Waals surface area contributed by atoms with E-state index in [0.717, 1.165) is 5.56 Å². The third-order valence-corrected chi connectivity index (χ3v) is 3.46. The number of hydrogen-bond donors (Lipinski definition) is 1. The highest BCUT2D eigenvalue weighted by Gasteiger charge is 2.26. The van der Waals surface area contributed by atoms with Gasteiger partial charge in [-0.15, -0.1) is 11.8 Å². The number of hydrogen-bond acceptors (Lipinski definition) is 2. The molecule has 0 saturated carbocycles. The van der Waals surface area contributed by atoms with Crippen LogP contribution in [0, 0.1) is 6.92 Å². The number of rotatable bonds is 4. The molecular formula is C13H18O2S. The Kier molecular flexibility index (Phi) is 4.03. The summed E-state index contributed by atoms with van der Waals surface area (Å²) in [4.78, 5) is 12.0. The van der Waals surface area contributed by atoms with Crippen molar-refractivity contribution in [3.63, 3.8) is 0 Å². The molecule has 0 aliphatic heterocycles. The lowest BCUT2D eigenvalue weighted by molar-refractivity contribution is -0.138. The van der Waals surface area contributed by atoms with Crippen molar-refractivity contribution in [2.45, 2.75) is 37.5 Å². The first-order valence-electron chi connectivity index (χ1n) is 5.24. The molecule has 1 aromatic rings. The topological polar surface area (TPSA) is 37.3 Å². The van der Waals surface area contributed by atoms with Crippen LogP contribution in [0.3, 0.4) is 0 Å². The molecule has 88 valence electrons. The zero-order valence-electron chi connectivity index (χ0n) is 10.2. The van der Waals surface area contributed by atoms with Crippen LogP contribution in [0.4, 0.5) is 0 Å². The molecule has 0 atom stereocenters. The molecule has 0 bridgehead atoms. The monoisotopic (exact) mass is 238 g/mol. The van der Waals surface area contributed by atoms with Crippen LogP contribution in [-0.2, 0) is 10.2 Å². The third-order valence-electron chi connectivity index (χ3n) is 2.68. The van der Waals surface area contributed by atoms with E-state index in [1.165, 1.54) is 10.5 Å². The Morgan fingerprint density at radius 3 is 2.56 bits per heavy atom. The number of carboxylic acid groups (broad SMARTS) is 1. The van der Waals surface area contributed by atoms with Gasteiger partial charge in [0.25, 0.3) is 0 Å². The Morgan fingerprint density at radius 2 is 2.06 bits per heavy atom. The Morgan fingerprint density at radius 1 is 1.44 bits per heavy atom. The molecule has 0 aromatic heterocycles. The molecule has 0 heterocycles. The Labute approximate surface area is 101 Å². The van der Waals surface area contributed by atoms with Gasteiger partial charge in [0.1, 0.15) is 0 Å². The van der Waals surface area contributed by atoms with Crippen LogP contribution in [-0.4, -0.2) is 17.3 Å². The van der Waals surface area contributed by atoms with Crippen LogP contribution >= 0.6 is 11.8 Å². The SMILES string of the molecule is CSc1cc(C)ccc1C(C)(C)CC(=O)O. The molecule has 0 radical (unpaired) electrons. The van der Waals surface area contributed by atoms with E-state index in [4.69, 9.17) is 5.11 Å². The fourth-order valence-electron chi connectivity index (χ4n) is 1.83. The van der Waals surface area contributed by atoms with Crippen LogP contribution in [0.15, 0.2) is 23.1 Å². The van der Waals surface area contributed by atoms with E-state index < -0.39 is 5.97 Å². The average Bonchev–Trinajstić information content (AvgIpc) is 2.15. The summed E-state index contributed by atoms with van der Waals surface area (Å²) in [5.41, 5.74) is 2.00. The maximum absolute atomic E-state index is 10.8. The number of carbonyl (C=O) groups is 1. The molecule has 2 nitrogen and oxygen atoms in total. The summed E-state index contributed by atoms with van der Waals surface area (Å²) in [6.45, 7) is 6.00. The number of carboxylic acids is 1. The van der Waals surface area contributed by atoms with Crippen molar-refractivity contribution in [2.24, 2.45) is 0 Å². The predicted molar refractivity (Wildman–Crippen MR) is 68.2 cm³/mol. The quantitative estimate of drug-likeness (QED) is 0.816. The van der Waals surface area contributed by atoms with Gasteiger partial charge in [-0.3, -0.25) is 4.79 Å². The molecule has 0 fully saturated rings. The lowest BCUT2D eigenvalue weighted by atomic mass is 9.81. The van der Waals surface area contributed by atoms with E-state index in [9.17, 15) is 4.79 Å². The maximum atomic E-state index is 10.8. The number of benzene rings is 1. The number of thioether (sulfide) groups is 1. The zero-order chi connectivity index (χ0) is 12.3. The first-order chi connectivity index (χ1) is 7.36. The molecule has 16 heavy (non-hydrogen) atoms. The van der Waals surface area contributed by atoms with Gasteiger partial charge in [0.15, 0.2) is 0 Å². The molecule has 1 N–H and O–H groups in total. The summed E-state index contributed by atoms with van der Waals surface area (Å²) in [6, 6.07) is 6.20. The predicted octanol–water partition coefficient (Wildman–Crippen LogP) is 3.47. The Balaban J connectivity index is 3.15. The van der Waals surface area contributed by atoms with Gasteiger partial charge in [-0.25, -0.2) is 0 Å². The van der Waals surface area contributed by atoms with Crippen LogP contribution in [0.5, 0.6) is 0 Å². The van der Waals surface area contributed by atoms with Gasteiger partial charge in [0.05, 0.1) is 6.42 Å². The normalized spacial score (nSPS) is 11.5. The van der Waals surface area contributed by atoms with Crippen molar-refractivity contribution in [1.82, 2.24) is 0 Å². The van der Waals surface area contributed by atoms with Crippen LogP contribution in [0.25, 0.3) is 0 Å². The van der Waals surface area contributed by atoms with Crippen LogP contribution < -0.4 is 0 Å². The smallest absolute Gasteiger partial charge is 0.304 e. The van der Waals surface area contributed by atoms with Gasteiger partial charge in [-0.05, 0) is 24.8 Å². The minimum Gasteiger partial charge on any atom is -0.481 e. The van der Waals surface area contributed by atoms with Gasteiger partial charge < -0.3 is 5.11 Å². The second kappa shape index (κ2) is 4.91. The van der Waals surface area contributed by atoms with Crippen molar-refractivity contribution in [1.29, 1.82) is 0 Å². The van der Waals surface area contributed by atoms with E-state index in [1.54, 1.807) is 11.8 Å². The van der Waals surface area contributed by atoms with E-state index >= 15 is 0 Å². The highest BCUT2D eigenvalue weighted by Crippen LogP contribution is 2.34. The second-order valence-corrected chi connectivity index (χ2v) is 5.51. The minimum absolute atomic E-state index is 0.156. The molecule has 0 spiro atoms. The van der Waals surface area contributed by atoms with Crippen molar-refractivity contribution >= 4 is 17.7 Å². The van der Waals surface area contributed by atoms with E-state index in [0.29, 0.717) is 0 Å². The van der Waals surface area contributed by atoms with Gasteiger partial charge in [-0.1, -0.05) is 31.5 Å². The van der Waals surface area contributed by atoms with Crippen LogP contribution in [0.1, 0.15) is 31.4 Å². The number of aryl methyl sites for hydroxylation is 1. The summed E-state index contributed by atoms with van der Waals surface area (Å²) in [7, 11) is 0. The van der Waals surface area contributed by atoms with Crippen molar-refractivity contribution in [3.05, 3.63) is 29.3 Å². The summed E-state index contributed by atoms with van der Waals surface area (Å²) >= 11 is 1.67.